The number of nitrogens with zero attached hydrogens (tertiary/aromatic N) is 4. The maximum atomic E-state index is 14.7. The molecule has 1 N–H and O–H groups in total. The summed E-state index contributed by atoms with van der Waals surface area (Å²) >= 11 is 0. The summed E-state index contributed by atoms with van der Waals surface area (Å²) in [5.74, 6) is -0.719. The summed E-state index contributed by atoms with van der Waals surface area (Å²) in [5.41, 5.74) is 1.30. The number of nitrogens with one attached hydrogen (secondary N) is 1. The number of fused-ring (bicyclic) bond motifs is 6. The second kappa shape index (κ2) is 10.6. The summed E-state index contributed by atoms with van der Waals surface area (Å²) in [7, 11) is -1.13. The van der Waals surface area contributed by atoms with Crippen LogP contribution in [0.1, 0.15) is 15.9 Å². The van der Waals surface area contributed by atoms with Gasteiger partial charge in [0.2, 0.25) is 10.0 Å². The van der Waals surface area contributed by atoms with Gasteiger partial charge in [0.15, 0.2) is 12.5 Å². The van der Waals surface area contributed by atoms with Crippen molar-refractivity contribution in [3.63, 3.8) is 0 Å². The van der Waals surface area contributed by atoms with Gasteiger partial charge in [0.1, 0.15) is 28.5 Å². The second-order valence-electron chi connectivity index (χ2n) is 10.9. The van der Waals surface area contributed by atoms with Crippen LogP contribution < -0.4 is 14.4 Å². The van der Waals surface area contributed by atoms with Crippen molar-refractivity contribution in [1.29, 1.82) is 0 Å². The maximum Gasteiger partial charge on any atom is 0.417 e. The molecule has 7 rings (SSSR count). The Morgan fingerprint density at radius 2 is 1.81 bits per heavy atom. The number of furan rings is 1. The fraction of sp³-hybridized carbons (Fsp3) is 0.156. The van der Waals surface area contributed by atoms with Crippen LogP contribution >= 0.6 is 0 Å². The molecule has 0 bridgehead atoms. The molecule has 0 aliphatic carbocycles. The van der Waals surface area contributed by atoms with Crippen LogP contribution in [0.2, 0.25) is 0 Å². The predicted octanol–water partition coefficient (Wildman–Crippen LogP) is 6.44. The summed E-state index contributed by atoms with van der Waals surface area (Å²) in [6.45, 7) is 0.121. The first-order valence-corrected chi connectivity index (χ1v) is 15.8. The van der Waals surface area contributed by atoms with E-state index < -0.39 is 33.5 Å². The van der Waals surface area contributed by atoms with Crippen LogP contribution in [0.5, 0.6) is 5.75 Å². The lowest BCUT2D eigenvalue weighted by Gasteiger charge is -2.23. The first-order valence-electron chi connectivity index (χ1n) is 14.0. The number of halogens is 4. The fourth-order valence-corrected chi connectivity index (χ4v) is 6.13. The molecule has 6 aromatic rings. The van der Waals surface area contributed by atoms with Gasteiger partial charge in [0.05, 0.1) is 40.0 Å². The number of anilines is 1. The number of ether oxygens (including phenoxy) is 1. The van der Waals surface area contributed by atoms with Gasteiger partial charge in [-0.3, -0.25) is 14.1 Å². The molecule has 5 heterocycles. The van der Waals surface area contributed by atoms with Crippen molar-refractivity contribution in [2.75, 3.05) is 24.7 Å². The maximum absolute atomic E-state index is 14.7. The van der Waals surface area contributed by atoms with Gasteiger partial charge in [0, 0.05) is 42.7 Å². The number of rotatable bonds is 5. The Morgan fingerprint density at radius 1 is 1.04 bits per heavy atom. The van der Waals surface area contributed by atoms with Gasteiger partial charge in [-0.2, -0.15) is 13.2 Å². The number of alkyl halides is 3. The van der Waals surface area contributed by atoms with Crippen LogP contribution in [0.25, 0.3) is 56.0 Å². The van der Waals surface area contributed by atoms with Crippen LogP contribution in [0, 0.1) is 5.82 Å². The lowest BCUT2D eigenvalue weighted by molar-refractivity contribution is -0.137. The van der Waals surface area contributed by atoms with Gasteiger partial charge in [0.25, 0.3) is 5.91 Å². The standard InChI is InChI=1S/C32H23F4N5O5S/c1-37-31(42)28-19-11-18(21-9-10-26-29(39-21)25-12-17-20(33)5-4-6-23(17)41(25)15-45-26)24(40(2)47(3,43)44)13-27(19)46-30(28)22-8-7-16(14-38-22)32(34,35)36/h4-14H,15H2,1-3H3,(H,37,42). The molecule has 2 aromatic carbocycles. The number of carbonyl (C=O) groups excluding carboxylic acids is 1. The molecule has 4 aromatic heterocycles. The van der Waals surface area contributed by atoms with Crippen molar-refractivity contribution in [2.45, 2.75) is 12.9 Å². The Morgan fingerprint density at radius 3 is 2.49 bits per heavy atom. The van der Waals surface area contributed by atoms with E-state index in [0.717, 1.165) is 22.7 Å². The number of pyridine rings is 2. The third-order valence-electron chi connectivity index (χ3n) is 8.04. The number of hydrogen-bond donors (Lipinski definition) is 1. The van der Waals surface area contributed by atoms with Gasteiger partial charge in [-0.15, -0.1) is 0 Å². The normalized spacial score (nSPS) is 12.9. The van der Waals surface area contributed by atoms with Crippen molar-refractivity contribution < 1.29 is 39.9 Å². The number of sulfonamides is 1. The highest BCUT2D eigenvalue weighted by molar-refractivity contribution is 7.92. The third kappa shape index (κ3) is 4.93. The van der Waals surface area contributed by atoms with E-state index in [1.165, 1.54) is 32.3 Å². The van der Waals surface area contributed by atoms with Gasteiger partial charge in [-0.25, -0.2) is 17.8 Å². The zero-order chi connectivity index (χ0) is 33.4. The molecule has 0 radical (unpaired) electrons. The molecule has 1 aliphatic rings. The monoisotopic (exact) mass is 665 g/mol. The smallest absolute Gasteiger partial charge is 0.417 e. The van der Waals surface area contributed by atoms with Gasteiger partial charge >= 0.3 is 6.18 Å². The van der Waals surface area contributed by atoms with E-state index in [9.17, 15) is 30.8 Å². The van der Waals surface area contributed by atoms with Gasteiger partial charge in [-0.05, 0) is 48.5 Å². The third-order valence-corrected chi connectivity index (χ3v) is 9.23. The van der Waals surface area contributed by atoms with Crippen molar-refractivity contribution in [1.82, 2.24) is 19.9 Å². The molecule has 1 amide bonds. The molecule has 1 aliphatic heterocycles. The molecule has 47 heavy (non-hydrogen) atoms. The Labute approximate surface area is 264 Å². The van der Waals surface area contributed by atoms with E-state index in [-0.39, 0.29) is 51.7 Å². The van der Waals surface area contributed by atoms with E-state index >= 15 is 0 Å². The van der Waals surface area contributed by atoms with Crippen molar-refractivity contribution in [2.24, 2.45) is 0 Å². The van der Waals surface area contributed by atoms with Gasteiger partial charge < -0.3 is 19.0 Å². The number of aromatic nitrogens is 3. The largest absolute Gasteiger partial charge is 0.470 e. The molecular weight excluding hydrogens is 642 g/mol. The van der Waals surface area contributed by atoms with Crippen LogP contribution in [0.4, 0.5) is 23.2 Å². The SMILES string of the molecule is CNC(=O)c1c(-c2ccc(C(F)(F)F)cn2)oc2cc(N(C)S(C)(=O)=O)c(-c3ccc4c(n3)-c3cc5c(F)cccc5n3CO4)cc12. The molecule has 0 atom stereocenters. The second-order valence-corrected chi connectivity index (χ2v) is 12.9. The summed E-state index contributed by atoms with van der Waals surface area (Å²) in [6, 6.07) is 14.5. The molecule has 10 nitrogen and oxygen atoms in total. The lowest BCUT2D eigenvalue weighted by Crippen LogP contribution is -2.25. The highest BCUT2D eigenvalue weighted by atomic mass is 32.2. The van der Waals surface area contributed by atoms with E-state index in [1.807, 2.05) is 0 Å². The van der Waals surface area contributed by atoms with Crippen LogP contribution in [0.15, 0.2) is 71.3 Å². The molecule has 0 unspecified atom stereocenters. The molecular formula is C32H23F4N5O5S. The zero-order valence-corrected chi connectivity index (χ0v) is 25.6. The summed E-state index contributed by atoms with van der Waals surface area (Å²) in [6.07, 6.45) is -2.98. The highest BCUT2D eigenvalue weighted by Gasteiger charge is 2.32. The molecule has 0 saturated carbocycles. The lowest BCUT2D eigenvalue weighted by atomic mass is 10.0. The summed E-state index contributed by atoms with van der Waals surface area (Å²) < 4.78 is 94.6. The minimum atomic E-state index is -4.63. The molecule has 240 valence electrons. The number of amides is 1. The minimum Gasteiger partial charge on any atom is -0.470 e. The quantitative estimate of drug-likeness (QED) is 0.211. The zero-order valence-electron chi connectivity index (χ0n) is 24.8. The summed E-state index contributed by atoms with van der Waals surface area (Å²) in [4.78, 5) is 22.0. The fourth-order valence-electron chi connectivity index (χ4n) is 5.62. The van der Waals surface area contributed by atoms with Crippen LogP contribution in [-0.4, -0.2) is 49.2 Å². The first-order chi connectivity index (χ1) is 22.3. The first kappa shape index (κ1) is 30.2. The van der Waals surface area contributed by atoms with Crippen molar-refractivity contribution in [3.05, 3.63) is 83.8 Å². The Hall–Kier alpha value is -5.44. The number of hydrogen-bond acceptors (Lipinski definition) is 7. The van der Waals surface area contributed by atoms with Crippen LogP contribution in [-0.2, 0) is 22.9 Å². The Kier molecular flexibility index (Phi) is 6.79. The predicted molar refractivity (Wildman–Crippen MR) is 166 cm³/mol. The molecule has 0 saturated heterocycles. The van der Waals surface area contributed by atoms with Crippen molar-refractivity contribution >= 4 is 43.5 Å². The van der Waals surface area contributed by atoms with E-state index in [2.05, 4.69) is 10.3 Å². The van der Waals surface area contributed by atoms with E-state index in [4.69, 9.17) is 14.1 Å². The van der Waals surface area contributed by atoms with Gasteiger partial charge in [-0.1, -0.05) is 6.07 Å². The highest BCUT2D eigenvalue weighted by Crippen LogP contribution is 2.44. The van der Waals surface area contributed by atoms with E-state index in [1.54, 1.807) is 34.9 Å². The average molecular weight is 666 g/mol. The van der Waals surface area contributed by atoms with Crippen LogP contribution in [0.3, 0.4) is 0 Å². The number of carbonyl (C=O) groups is 1. The Bertz CT molecular complexity index is 2370. The van der Waals surface area contributed by atoms with E-state index in [0.29, 0.717) is 34.2 Å². The topological polar surface area (TPSA) is 120 Å². The molecule has 0 fully saturated rings. The van der Waals surface area contributed by atoms with Crippen molar-refractivity contribution in [3.8, 4) is 39.8 Å². The summed E-state index contributed by atoms with van der Waals surface area (Å²) in [5, 5.41) is 3.12. The molecule has 15 heteroatoms. The number of benzene rings is 2. The average Bonchev–Trinajstić information content (AvgIpc) is 3.62. The minimum absolute atomic E-state index is 0.0264. The Balaban J connectivity index is 1.47. The molecule has 0 spiro atoms.